The standard InChI is InChI=1S/C16H20N4O3/c1-2-20-13-4-3-11(14(17)22)7-12(13)18-15(16(20)23)19-6-5-10(8-19)9-21/h3-4,7,10,21H,2,5-6,8-9H2,1H3,(H2,17,22)/t10-/m0/s1. The maximum Gasteiger partial charge on any atom is 0.293 e. The van der Waals surface area contributed by atoms with Crippen LogP contribution in [0.3, 0.4) is 0 Å². The second kappa shape index (κ2) is 6.00. The van der Waals surface area contributed by atoms with Gasteiger partial charge in [-0.05, 0) is 31.5 Å². The molecule has 3 rings (SSSR count). The van der Waals surface area contributed by atoms with Crippen LogP contribution in [0.2, 0.25) is 0 Å². The normalized spacial score (nSPS) is 17.8. The Bertz CT molecular complexity index is 815. The summed E-state index contributed by atoms with van der Waals surface area (Å²) in [5.74, 6) is 0.0156. The lowest BCUT2D eigenvalue weighted by Gasteiger charge is -2.19. The molecule has 23 heavy (non-hydrogen) atoms. The van der Waals surface area contributed by atoms with Crippen molar-refractivity contribution in [2.24, 2.45) is 11.7 Å². The molecule has 0 bridgehead atoms. The van der Waals surface area contributed by atoms with Gasteiger partial charge in [-0.15, -0.1) is 0 Å². The number of nitrogens with zero attached hydrogens (tertiary/aromatic N) is 3. The molecule has 1 aromatic heterocycles. The molecule has 0 saturated carbocycles. The van der Waals surface area contributed by atoms with Gasteiger partial charge >= 0.3 is 0 Å². The van der Waals surface area contributed by atoms with Crippen molar-refractivity contribution < 1.29 is 9.90 Å². The number of aliphatic hydroxyl groups is 1. The second-order valence-electron chi connectivity index (χ2n) is 5.84. The minimum atomic E-state index is -0.522. The molecule has 7 heteroatoms. The first-order chi connectivity index (χ1) is 11.0. The number of fused-ring (bicyclic) bond motifs is 1. The SMILES string of the molecule is CCn1c(=O)c(N2CC[C@H](CO)C2)nc2cc(C(N)=O)ccc21. The van der Waals surface area contributed by atoms with Gasteiger partial charge in [-0.25, -0.2) is 4.98 Å². The first-order valence-corrected chi connectivity index (χ1v) is 7.75. The van der Waals surface area contributed by atoms with Gasteiger partial charge in [-0.2, -0.15) is 0 Å². The number of amides is 1. The van der Waals surface area contributed by atoms with Gasteiger partial charge in [0.15, 0.2) is 5.82 Å². The van der Waals surface area contributed by atoms with E-state index in [-0.39, 0.29) is 18.1 Å². The maximum absolute atomic E-state index is 12.7. The van der Waals surface area contributed by atoms with E-state index in [2.05, 4.69) is 4.98 Å². The van der Waals surface area contributed by atoms with Crippen molar-refractivity contribution in [2.45, 2.75) is 19.9 Å². The highest BCUT2D eigenvalue weighted by molar-refractivity contribution is 5.96. The number of benzene rings is 1. The van der Waals surface area contributed by atoms with E-state index in [0.29, 0.717) is 42.0 Å². The zero-order valence-corrected chi connectivity index (χ0v) is 13.0. The number of aryl methyl sites for hydroxylation is 1. The minimum absolute atomic E-state index is 0.109. The fourth-order valence-electron chi connectivity index (χ4n) is 3.08. The number of anilines is 1. The number of carbonyl (C=O) groups excluding carboxylic acids is 1. The molecule has 122 valence electrons. The van der Waals surface area contributed by atoms with Crippen LogP contribution in [0.4, 0.5) is 5.82 Å². The smallest absolute Gasteiger partial charge is 0.293 e. The molecule has 0 aliphatic carbocycles. The van der Waals surface area contributed by atoms with Crippen molar-refractivity contribution >= 4 is 22.8 Å². The summed E-state index contributed by atoms with van der Waals surface area (Å²) in [6.07, 6.45) is 0.836. The Hall–Kier alpha value is -2.41. The molecule has 1 amide bonds. The van der Waals surface area contributed by atoms with E-state index in [1.54, 1.807) is 22.8 Å². The number of hydrogen-bond acceptors (Lipinski definition) is 5. The molecule has 1 aliphatic heterocycles. The number of rotatable bonds is 4. The average Bonchev–Trinajstić information content (AvgIpc) is 3.02. The number of hydrogen-bond donors (Lipinski definition) is 2. The summed E-state index contributed by atoms with van der Waals surface area (Å²) in [5, 5.41) is 9.29. The third kappa shape index (κ3) is 2.68. The van der Waals surface area contributed by atoms with E-state index in [1.165, 1.54) is 0 Å². The van der Waals surface area contributed by atoms with Crippen LogP contribution in [0.1, 0.15) is 23.7 Å². The molecule has 1 aromatic carbocycles. The summed E-state index contributed by atoms with van der Waals surface area (Å²) in [5.41, 5.74) is 6.81. The second-order valence-corrected chi connectivity index (χ2v) is 5.84. The Kier molecular flexibility index (Phi) is 4.04. The zero-order chi connectivity index (χ0) is 16.6. The molecular formula is C16H20N4O3. The van der Waals surface area contributed by atoms with Crippen LogP contribution < -0.4 is 16.2 Å². The summed E-state index contributed by atoms with van der Waals surface area (Å²) in [7, 11) is 0. The fraction of sp³-hybridized carbons (Fsp3) is 0.438. The molecule has 2 heterocycles. The minimum Gasteiger partial charge on any atom is -0.396 e. The van der Waals surface area contributed by atoms with Gasteiger partial charge in [0.25, 0.3) is 5.56 Å². The molecule has 3 N–H and O–H groups in total. The van der Waals surface area contributed by atoms with E-state index >= 15 is 0 Å². The van der Waals surface area contributed by atoms with Crippen molar-refractivity contribution in [3.8, 4) is 0 Å². The first-order valence-electron chi connectivity index (χ1n) is 7.75. The lowest BCUT2D eigenvalue weighted by atomic mass is 10.1. The quantitative estimate of drug-likeness (QED) is 0.846. The first kappa shape index (κ1) is 15.5. The lowest BCUT2D eigenvalue weighted by Crippen LogP contribution is -2.32. The van der Waals surface area contributed by atoms with Gasteiger partial charge in [0, 0.05) is 37.7 Å². The summed E-state index contributed by atoms with van der Waals surface area (Å²) >= 11 is 0. The van der Waals surface area contributed by atoms with Crippen molar-refractivity contribution in [3.63, 3.8) is 0 Å². The van der Waals surface area contributed by atoms with Crippen LogP contribution in [0.25, 0.3) is 11.0 Å². The largest absolute Gasteiger partial charge is 0.396 e. The average molecular weight is 316 g/mol. The lowest BCUT2D eigenvalue weighted by molar-refractivity contribution is 0.100. The van der Waals surface area contributed by atoms with Crippen LogP contribution in [0, 0.1) is 5.92 Å². The Morgan fingerprint density at radius 3 is 2.87 bits per heavy atom. The summed E-state index contributed by atoms with van der Waals surface area (Å²) in [4.78, 5) is 30.5. The third-order valence-electron chi connectivity index (χ3n) is 4.37. The molecule has 0 radical (unpaired) electrons. The summed E-state index contributed by atoms with van der Waals surface area (Å²) in [6, 6.07) is 4.93. The fourth-order valence-corrected chi connectivity index (χ4v) is 3.08. The van der Waals surface area contributed by atoms with E-state index in [9.17, 15) is 14.7 Å². The number of aromatic nitrogens is 2. The number of nitrogens with two attached hydrogens (primary N) is 1. The summed E-state index contributed by atoms with van der Waals surface area (Å²) in [6.45, 7) is 3.82. The highest BCUT2D eigenvalue weighted by Gasteiger charge is 2.26. The van der Waals surface area contributed by atoms with Crippen LogP contribution in [0.15, 0.2) is 23.0 Å². The van der Waals surface area contributed by atoms with Crippen molar-refractivity contribution in [3.05, 3.63) is 34.1 Å². The molecule has 0 spiro atoms. The monoisotopic (exact) mass is 316 g/mol. The highest BCUT2D eigenvalue weighted by atomic mass is 16.3. The Morgan fingerprint density at radius 1 is 1.48 bits per heavy atom. The van der Waals surface area contributed by atoms with Gasteiger partial charge in [0.05, 0.1) is 11.0 Å². The van der Waals surface area contributed by atoms with Crippen molar-refractivity contribution in [1.82, 2.24) is 9.55 Å². The molecule has 1 aliphatic rings. The highest BCUT2D eigenvalue weighted by Crippen LogP contribution is 2.22. The van der Waals surface area contributed by atoms with Gasteiger partial charge in [0.2, 0.25) is 5.91 Å². The van der Waals surface area contributed by atoms with Gasteiger partial charge in [0.1, 0.15) is 0 Å². The topological polar surface area (TPSA) is 101 Å². The molecule has 2 aromatic rings. The summed E-state index contributed by atoms with van der Waals surface area (Å²) < 4.78 is 1.65. The van der Waals surface area contributed by atoms with E-state index in [1.807, 2.05) is 11.8 Å². The molecule has 7 nitrogen and oxygen atoms in total. The molecule has 1 atom stereocenters. The maximum atomic E-state index is 12.7. The molecular weight excluding hydrogens is 296 g/mol. The van der Waals surface area contributed by atoms with Crippen molar-refractivity contribution in [1.29, 1.82) is 0 Å². The third-order valence-corrected chi connectivity index (χ3v) is 4.37. The van der Waals surface area contributed by atoms with E-state index in [0.717, 1.165) is 6.42 Å². The number of carbonyl (C=O) groups is 1. The van der Waals surface area contributed by atoms with E-state index < -0.39 is 5.91 Å². The van der Waals surface area contributed by atoms with Gasteiger partial charge in [-0.1, -0.05) is 0 Å². The molecule has 0 unspecified atom stereocenters. The van der Waals surface area contributed by atoms with Crippen LogP contribution in [-0.2, 0) is 6.54 Å². The Balaban J connectivity index is 2.16. The van der Waals surface area contributed by atoms with Crippen molar-refractivity contribution in [2.75, 3.05) is 24.6 Å². The van der Waals surface area contributed by atoms with Crippen LogP contribution >= 0.6 is 0 Å². The van der Waals surface area contributed by atoms with Gasteiger partial charge in [-0.3, -0.25) is 9.59 Å². The Morgan fingerprint density at radius 2 is 2.26 bits per heavy atom. The molecule has 1 fully saturated rings. The Labute approximate surface area is 133 Å². The molecule has 1 saturated heterocycles. The predicted octanol–water partition coefficient (Wildman–Crippen LogP) is 0.334. The predicted molar refractivity (Wildman–Crippen MR) is 87.6 cm³/mol. The number of aliphatic hydroxyl groups excluding tert-OH is 1. The van der Waals surface area contributed by atoms with Gasteiger partial charge < -0.3 is 20.3 Å². The van der Waals surface area contributed by atoms with Crippen LogP contribution in [-0.4, -0.2) is 40.3 Å². The number of primary amides is 1. The van der Waals surface area contributed by atoms with Crippen LogP contribution in [0.5, 0.6) is 0 Å². The van der Waals surface area contributed by atoms with E-state index in [4.69, 9.17) is 5.73 Å². The zero-order valence-electron chi connectivity index (χ0n) is 13.0.